The highest BCUT2D eigenvalue weighted by atomic mass is 28.4. The van der Waals surface area contributed by atoms with Gasteiger partial charge in [0, 0.05) is 22.7 Å². The van der Waals surface area contributed by atoms with Crippen LogP contribution in [0.25, 0.3) is 0 Å². The zero-order valence-corrected chi connectivity index (χ0v) is 25.2. The van der Waals surface area contributed by atoms with E-state index in [1.165, 1.54) is 22.7 Å². The first kappa shape index (κ1) is 26.1. The Kier molecular flexibility index (Phi) is 7.63. The standard InChI is InChI=1S/C32H40N4Si2/c1-5-37(6-2)33(29-21-13-9-14-22-29)35(31-25-17-11-18-26-31)38(7-3,8-4)36(32-27-19-12-20-28-32)34(37)30-23-15-10-16-24-30/h9-28H,5-8H2,1-4H3. The number of hydrogen-bond donors (Lipinski definition) is 0. The fraction of sp³-hybridized carbons (Fsp3) is 0.250. The molecule has 1 heterocycles. The summed E-state index contributed by atoms with van der Waals surface area (Å²) in [5, 5.41) is 0. The average molecular weight is 537 g/mol. The Hall–Kier alpha value is -3.49. The van der Waals surface area contributed by atoms with E-state index in [2.05, 4.69) is 168 Å². The molecule has 4 nitrogen and oxygen atoms in total. The predicted molar refractivity (Wildman–Crippen MR) is 169 cm³/mol. The zero-order chi connectivity index (χ0) is 26.6. The second-order valence-electron chi connectivity index (χ2n) is 9.97. The molecule has 1 aliphatic rings. The predicted octanol–water partition coefficient (Wildman–Crippen LogP) is 8.82. The van der Waals surface area contributed by atoms with Crippen molar-refractivity contribution in [1.29, 1.82) is 0 Å². The quantitative estimate of drug-likeness (QED) is 0.209. The summed E-state index contributed by atoms with van der Waals surface area (Å²) in [6, 6.07) is 48.9. The molecule has 0 radical (unpaired) electrons. The summed E-state index contributed by atoms with van der Waals surface area (Å²) in [6.45, 7) is 9.61. The van der Waals surface area contributed by atoms with Gasteiger partial charge in [-0.15, -0.1) is 0 Å². The molecule has 0 saturated carbocycles. The van der Waals surface area contributed by atoms with Crippen LogP contribution in [0.15, 0.2) is 121 Å². The summed E-state index contributed by atoms with van der Waals surface area (Å²) in [5.74, 6) is 0. The minimum absolute atomic E-state index is 1.08. The van der Waals surface area contributed by atoms with Gasteiger partial charge < -0.3 is 0 Å². The van der Waals surface area contributed by atoms with Crippen LogP contribution < -0.4 is 18.7 Å². The number of nitrogens with zero attached hydrogens (tertiary/aromatic N) is 4. The molecule has 1 saturated heterocycles. The summed E-state index contributed by atoms with van der Waals surface area (Å²) >= 11 is 0. The molecular weight excluding hydrogens is 497 g/mol. The smallest absolute Gasteiger partial charge is 0.296 e. The van der Waals surface area contributed by atoms with E-state index in [0.717, 1.165) is 24.2 Å². The average Bonchev–Trinajstić information content (AvgIpc) is 3.01. The maximum atomic E-state index is 2.80. The third-order valence-corrected chi connectivity index (χ3v) is 18.2. The molecule has 0 aliphatic carbocycles. The van der Waals surface area contributed by atoms with Crippen molar-refractivity contribution in [1.82, 2.24) is 0 Å². The lowest BCUT2D eigenvalue weighted by Crippen LogP contribution is -2.90. The first-order valence-corrected chi connectivity index (χ1v) is 18.7. The molecule has 4 aromatic carbocycles. The molecular formula is C32H40N4Si2. The Morgan fingerprint density at radius 2 is 0.526 bits per heavy atom. The summed E-state index contributed by atoms with van der Waals surface area (Å²) < 4.78 is 11.2. The third-order valence-electron chi connectivity index (χ3n) is 8.24. The Morgan fingerprint density at radius 1 is 0.342 bits per heavy atom. The highest BCUT2D eigenvalue weighted by Gasteiger charge is 2.63. The summed E-state index contributed by atoms with van der Waals surface area (Å²) in [7, 11) is -4.86. The van der Waals surface area contributed by atoms with E-state index in [1.807, 2.05) is 0 Å². The van der Waals surface area contributed by atoms with E-state index >= 15 is 0 Å². The minimum atomic E-state index is -2.43. The van der Waals surface area contributed by atoms with Gasteiger partial charge in [0.25, 0.3) is 0 Å². The molecule has 0 spiro atoms. The second kappa shape index (κ2) is 11.1. The van der Waals surface area contributed by atoms with Gasteiger partial charge in [-0.2, -0.15) is 0 Å². The van der Waals surface area contributed by atoms with Crippen LogP contribution >= 0.6 is 0 Å². The fourth-order valence-corrected chi connectivity index (χ4v) is 16.8. The van der Waals surface area contributed by atoms with E-state index in [4.69, 9.17) is 0 Å². The number of hydrogen-bond acceptors (Lipinski definition) is 4. The molecule has 0 N–H and O–H groups in total. The molecule has 0 aromatic heterocycles. The van der Waals surface area contributed by atoms with Crippen molar-refractivity contribution < 1.29 is 0 Å². The van der Waals surface area contributed by atoms with Crippen LogP contribution in [0.5, 0.6) is 0 Å². The largest absolute Gasteiger partial charge is 0.303 e. The molecule has 6 heteroatoms. The van der Waals surface area contributed by atoms with Crippen LogP contribution in [0.1, 0.15) is 27.7 Å². The second-order valence-corrected chi connectivity index (χ2v) is 18.4. The molecule has 1 fully saturated rings. The summed E-state index contributed by atoms with van der Waals surface area (Å²) in [4.78, 5) is 0. The number of benzene rings is 4. The molecule has 1 aliphatic heterocycles. The molecule has 0 amide bonds. The molecule has 0 unspecified atom stereocenters. The maximum absolute atomic E-state index is 2.80. The van der Waals surface area contributed by atoms with Crippen molar-refractivity contribution in [2.24, 2.45) is 0 Å². The van der Waals surface area contributed by atoms with Crippen molar-refractivity contribution in [2.75, 3.05) is 18.7 Å². The molecule has 196 valence electrons. The van der Waals surface area contributed by atoms with E-state index in [1.54, 1.807) is 0 Å². The SMILES string of the molecule is CC[Si]1(CC)N(c2ccccc2)N(c2ccccc2)[Si](CC)(CC)N(c2ccccc2)N1c1ccccc1. The van der Waals surface area contributed by atoms with Crippen molar-refractivity contribution in [3.63, 3.8) is 0 Å². The number of para-hydroxylation sites is 4. The molecule has 0 atom stereocenters. The monoisotopic (exact) mass is 536 g/mol. The lowest BCUT2D eigenvalue weighted by atomic mass is 10.3. The van der Waals surface area contributed by atoms with Crippen molar-refractivity contribution in [2.45, 2.75) is 51.9 Å². The van der Waals surface area contributed by atoms with Gasteiger partial charge in [0.15, 0.2) is 0 Å². The topological polar surface area (TPSA) is 13.0 Å². The summed E-state index contributed by atoms with van der Waals surface area (Å²) in [5.41, 5.74) is 5.16. The van der Waals surface area contributed by atoms with Gasteiger partial charge in [-0.25, -0.2) is 0 Å². The highest BCUT2D eigenvalue weighted by Crippen LogP contribution is 2.49. The normalized spacial score (nSPS) is 16.5. The first-order valence-electron chi connectivity index (χ1n) is 14.1. The lowest BCUT2D eigenvalue weighted by Gasteiger charge is -2.69. The van der Waals surface area contributed by atoms with Gasteiger partial charge in [0.05, 0.1) is 0 Å². The zero-order valence-electron chi connectivity index (χ0n) is 23.2. The fourth-order valence-electron chi connectivity index (χ4n) is 6.32. The van der Waals surface area contributed by atoms with E-state index in [0.29, 0.717) is 0 Å². The van der Waals surface area contributed by atoms with Gasteiger partial charge in [0.2, 0.25) is 0 Å². The van der Waals surface area contributed by atoms with E-state index in [9.17, 15) is 0 Å². The first-order chi connectivity index (χ1) is 18.7. The molecule has 38 heavy (non-hydrogen) atoms. The number of rotatable bonds is 8. The van der Waals surface area contributed by atoms with Crippen LogP contribution in [0.3, 0.4) is 0 Å². The Bertz CT molecular complexity index is 1080. The molecule has 4 aromatic rings. The van der Waals surface area contributed by atoms with E-state index in [-0.39, 0.29) is 0 Å². The number of hydrazine groups is 2. The lowest BCUT2D eigenvalue weighted by molar-refractivity contribution is 0.837. The van der Waals surface area contributed by atoms with Crippen LogP contribution in [0.4, 0.5) is 22.7 Å². The van der Waals surface area contributed by atoms with E-state index < -0.39 is 16.8 Å². The Balaban J connectivity index is 1.92. The van der Waals surface area contributed by atoms with Gasteiger partial charge in [-0.05, 0) is 72.7 Å². The van der Waals surface area contributed by atoms with Crippen molar-refractivity contribution in [3.8, 4) is 0 Å². The minimum Gasteiger partial charge on any atom is -0.296 e. The Labute approximate surface area is 231 Å². The van der Waals surface area contributed by atoms with Crippen molar-refractivity contribution >= 4 is 39.5 Å². The van der Waals surface area contributed by atoms with Gasteiger partial charge in [-0.3, -0.25) is 18.7 Å². The van der Waals surface area contributed by atoms with Crippen LogP contribution in [-0.2, 0) is 0 Å². The molecule has 0 bridgehead atoms. The van der Waals surface area contributed by atoms with Gasteiger partial charge in [0.1, 0.15) is 0 Å². The van der Waals surface area contributed by atoms with Crippen molar-refractivity contribution in [3.05, 3.63) is 121 Å². The third kappa shape index (κ3) is 4.12. The molecule has 5 rings (SSSR count). The van der Waals surface area contributed by atoms with Crippen LogP contribution in [0, 0.1) is 0 Å². The summed E-state index contributed by atoms with van der Waals surface area (Å²) in [6.07, 6.45) is 0. The van der Waals surface area contributed by atoms with Gasteiger partial charge in [-0.1, -0.05) is 100 Å². The van der Waals surface area contributed by atoms with Crippen LogP contribution in [0.2, 0.25) is 24.2 Å². The van der Waals surface area contributed by atoms with Gasteiger partial charge >= 0.3 is 16.8 Å². The number of anilines is 4. The highest BCUT2D eigenvalue weighted by molar-refractivity contribution is 6.98. The maximum Gasteiger partial charge on any atom is 0.303 e. The Morgan fingerprint density at radius 3 is 0.684 bits per heavy atom. The van der Waals surface area contributed by atoms with Crippen LogP contribution in [-0.4, -0.2) is 16.8 Å².